The van der Waals surface area contributed by atoms with Crippen molar-refractivity contribution in [3.05, 3.63) is 29.8 Å². The van der Waals surface area contributed by atoms with Gasteiger partial charge in [0.25, 0.3) is 0 Å². The van der Waals surface area contributed by atoms with Gasteiger partial charge in [0.1, 0.15) is 5.78 Å². The molecule has 0 spiro atoms. The van der Waals surface area contributed by atoms with Crippen molar-refractivity contribution >= 4 is 17.4 Å². The quantitative estimate of drug-likeness (QED) is 0.766. The van der Waals surface area contributed by atoms with Crippen molar-refractivity contribution in [3.63, 3.8) is 0 Å². The lowest BCUT2D eigenvalue weighted by molar-refractivity contribution is -0.124. The van der Waals surface area contributed by atoms with E-state index in [2.05, 4.69) is 12.2 Å². The molecule has 3 heteroatoms. The van der Waals surface area contributed by atoms with Crippen LogP contribution in [-0.2, 0) is 16.0 Å². The van der Waals surface area contributed by atoms with Crippen LogP contribution in [-0.4, -0.2) is 11.7 Å². The summed E-state index contributed by atoms with van der Waals surface area (Å²) >= 11 is 0. The average Bonchev–Trinajstić information content (AvgIpc) is 2.17. The largest absolute Gasteiger partial charge is 0.326 e. The third-order valence-corrected chi connectivity index (χ3v) is 2.06. The smallest absolute Gasteiger partial charge is 0.231 e. The van der Waals surface area contributed by atoms with Gasteiger partial charge in [-0.3, -0.25) is 9.59 Å². The minimum atomic E-state index is -0.258. The Morgan fingerprint density at radius 2 is 1.80 bits per heavy atom. The molecule has 0 aromatic heterocycles. The van der Waals surface area contributed by atoms with E-state index < -0.39 is 0 Å². The van der Waals surface area contributed by atoms with E-state index in [1.54, 1.807) is 0 Å². The van der Waals surface area contributed by atoms with Gasteiger partial charge in [0.15, 0.2) is 0 Å². The average molecular weight is 205 g/mol. The summed E-state index contributed by atoms with van der Waals surface area (Å²) < 4.78 is 0. The van der Waals surface area contributed by atoms with Gasteiger partial charge in [-0.1, -0.05) is 19.1 Å². The Morgan fingerprint density at radius 1 is 1.20 bits per heavy atom. The van der Waals surface area contributed by atoms with Gasteiger partial charge in [-0.25, -0.2) is 0 Å². The second-order valence-corrected chi connectivity index (χ2v) is 3.48. The van der Waals surface area contributed by atoms with Crippen molar-refractivity contribution in [1.29, 1.82) is 0 Å². The molecule has 3 nitrogen and oxygen atoms in total. The van der Waals surface area contributed by atoms with E-state index in [0.717, 1.165) is 12.1 Å². The highest BCUT2D eigenvalue weighted by molar-refractivity contribution is 6.03. The normalized spacial score (nSPS) is 9.73. The van der Waals surface area contributed by atoms with Crippen LogP contribution in [0.1, 0.15) is 25.8 Å². The molecule has 1 N–H and O–H groups in total. The zero-order valence-electron chi connectivity index (χ0n) is 9.04. The molecule has 0 fully saturated rings. The van der Waals surface area contributed by atoms with Crippen LogP contribution < -0.4 is 5.32 Å². The van der Waals surface area contributed by atoms with E-state index in [1.165, 1.54) is 12.5 Å². The van der Waals surface area contributed by atoms with Crippen LogP contribution in [0.4, 0.5) is 5.69 Å². The molecule has 0 saturated heterocycles. The lowest BCUT2D eigenvalue weighted by atomic mass is 10.1. The maximum atomic E-state index is 11.2. The van der Waals surface area contributed by atoms with E-state index in [9.17, 15) is 9.59 Å². The van der Waals surface area contributed by atoms with Gasteiger partial charge in [0.05, 0.1) is 6.42 Å². The first-order chi connectivity index (χ1) is 7.11. The number of anilines is 1. The molecule has 0 bridgehead atoms. The zero-order chi connectivity index (χ0) is 11.3. The van der Waals surface area contributed by atoms with Gasteiger partial charge in [-0.05, 0) is 31.0 Å². The van der Waals surface area contributed by atoms with Crippen LogP contribution in [0.15, 0.2) is 24.3 Å². The van der Waals surface area contributed by atoms with Crippen LogP contribution in [0.2, 0.25) is 0 Å². The Balaban J connectivity index is 2.57. The first-order valence-electron chi connectivity index (χ1n) is 5.00. The van der Waals surface area contributed by atoms with E-state index in [4.69, 9.17) is 0 Å². The van der Waals surface area contributed by atoms with Crippen molar-refractivity contribution in [2.24, 2.45) is 0 Å². The Labute approximate surface area is 89.5 Å². The van der Waals surface area contributed by atoms with Crippen LogP contribution >= 0.6 is 0 Å². The fraction of sp³-hybridized carbons (Fsp3) is 0.333. The number of hydrogen-bond acceptors (Lipinski definition) is 2. The van der Waals surface area contributed by atoms with Crippen molar-refractivity contribution in [2.45, 2.75) is 26.7 Å². The lowest BCUT2D eigenvalue weighted by Gasteiger charge is -2.04. The zero-order valence-corrected chi connectivity index (χ0v) is 9.04. The fourth-order valence-electron chi connectivity index (χ4n) is 1.26. The SMILES string of the molecule is CCc1ccc(NC(=O)CC(C)=O)cc1. The maximum absolute atomic E-state index is 11.2. The molecule has 0 aliphatic carbocycles. The Bertz CT molecular complexity index is 354. The summed E-state index contributed by atoms with van der Waals surface area (Å²) in [7, 11) is 0. The lowest BCUT2D eigenvalue weighted by Crippen LogP contribution is -2.14. The molecule has 15 heavy (non-hydrogen) atoms. The topological polar surface area (TPSA) is 46.2 Å². The van der Waals surface area contributed by atoms with Crippen LogP contribution in [0.5, 0.6) is 0 Å². The number of Topliss-reactive ketones (excluding diaryl/α,β-unsaturated/α-hetero) is 1. The molecule has 1 aromatic rings. The monoisotopic (exact) mass is 205 g/mol. The molecule has 0 saturated carbocycles. The summed E-state index contributed by atoms with van der Waals surface area (Å²) in [6.45, 7) is 3.48. The molecule has 0 aliphatic rings. The highest BCUT2D eigenvalue weighted by Gasteiger charge is 2.04. The molecule has 0 heterocycles. The summed E-state index contributed by atoms with van der Waals surface area (Å²) in [6.07, 6.45) is 0.914. The molecular formula is C12H15NO2. The predicted octanol–water partition coefficient (Wildman–Crippen LogP) is 2.17. The molecule has 80 valence electrons. The highest BCUT2D eigenvalue weighted by Crippen LogP contribution is 2.10. The first-order valence-corrected chi connectivity index (χ1v) is 5.00. The molecule has 0 atom stereocenters. The van der Waals surface area contributed by atoms with E-state index in [1.807, 2.05) is 24.3 Å². The Kier molecular flexibility index (Phi) is 4.03. The third kappa shape index (κ3) is 3.94. The molecular weight excluding hydrogens is 190 g/mol. The number of carbonyl (C=O) groups is 2. The summed E-state index contributed by atoms with van der Waals surface area (Å²) in [5.41, 5.74) is 1.96. The molecule has 0 radical (unpaired) electrons. The van der Waals surface area contributed by atoms with Crippen molar-refractivity contribution < 1.29 is 9.59 Å². The minimum Gasteiger partial charge on any atom is -0.326 e. The summed E-state index contributed by atoms with van der Waals surface area (Å²) in [5.74, 6) is -0.385. The Hall–Kier alpha value is -1.64. The summed E-state index contributed by atoms with van der Waals surface area (Å²) in [6, 6.07) is 7.61. The fourth-order valence-corrected chi connectivity index (χ4v) is 1.26. The molecule has 0 unspecified atom stereocenters. The number of ketones is 1. The predicted molar refractivity (Wildman–Crippen MR) is 59.7 cm³/mol. The number of hydrogen-bond donors (Lipinski definition) is 1. The van der Waals surface area contributed by atoms with Crippen molar-refractivity contribution in [2.75, 3.05) is 5.32 Å². The van der Waals surface area contributed by atoms with Crippen molar-refractivity contribution in [3.8, 4) is 0 Å². The summed E-state index contributed by atoms with van der Waals surface area (Å²) in [5, 5.41) is 2.66. The van der Waals surface area contributed by atoms with Crippen LogP contribution in [0, 0.1) is 0 Å². The van der Waals surface area contributed by atoms with Gasteiger partial charge in [0, 0.05) is 5.69 Å². The second-order valence-electron chi connectivity index (χ2n) is 3.48. The van der Waals surface area contributed by atoms with Gasteiger partial charge in [-0.2, -0.15) is 0 Å². The molecule has 1 rings (SSSR count). The van der Waals surface area contributed by atoms with E-state index in [0.29, 0.717) is 0 Å². The summed E-state index contributed by atoms with van der Waals surface area (Å²) in [4.78, 5) is 21.9. The number of benzene rings is 1. The van der Waals surface area contributed by atoms with Gasteiger partial charge < -0.3 is 5.32 Å². The van der Waals surface area contributed by atoms with Crippen LogP contribution in [0.3, 0.4) is 0 Å². The maximum Gasteiger partial charge on any atom is 0.231 e. The minimum absolute atomic E-state index is 0.0600. The molecule has 0 aliphatic heterocycles. The van der Waals surface area contributed by atoms with E-state index >= 15 is 0 Å². The first kappa shape index (κ1) is 11.4. The molecule has 1 amide bonds. The van der Waals surface area contributed by atoms with E-state index in [-0.39, 0.29) is 18.1 Å². The molecule has 1 aromatic carbocycles. The standard InChI is InChI=1S/C12H15NO2/c1-3-10-4-6-11(7-5-10)13-12(15)8-9(2)14/h4-7H,3,8H2,1-2H3,(H,13,15). The highest BCUT2D eigenvalue weighted by atomic mass is 16.2. The number of nitrogens with one attached hydrogen (secondary N) is 1. The number of carbonyl (C=O) groups excluding carboxylic acids is 2. The third-order valence-electron chi connectivity index (χ3n) is 2.06. The van der Waals surface area contributed by atoms with Gasteiger partial charge >= 0.3 is 0 Å². The van der Waals surface area contributed by atoms with Gasteiger partial charge in [0.2, 0.25) is 5.91 Å². The number of amides is 1. The Morgan fingerprint density at radius 3 is 2.27 bits per heavy atom. The number of aryl methyl sites for hydroxylation is 1. The van der Waals surface area contributed by atoms with Crippen molar-refractivity contribution in [1.82, 2.24) is 0 Å². The second kappa shape index (κ2) is 5.29. The number of rotatable bonds is 4. The van der Waals surface area contributed by atoms with Crippen LogP contribution in [0.25, 0.3) is 0 Å². The van der Waals surface area contributed by atoms with Gasteiger partial charge in [-0.15, -0.1) is 0 Å².